The lowest BCUT2D eigenvalue weighted by atomic mass is 9.99. The van der Waals surface area contributed by atoms with Crippen molar-refractivity contribution >= 4 is 17.9 Å². The maximum absolute atomic E-state index is 12.3. The minimum atomic E-state index is -0.754. The van der Waals surface area contributed by atoms with Crippen molar-refractivity contribution in [3.8, 4) is 0 Å². The van der Waals surface area contributed by atoms with Crippen LogP contribution in [0.4, 0.5) is 4.79 Å². The molecular weight excluding hydrogens is 330 g/mol. The third kappa shape index (κ3) is 6.18. The zero-order valence-electron chi connectivity index (χ0n) is 17.2. The number of carbonyl (C=O) groups is 2. The van der Waals surface area contributed by atoms with E-state index in [4.69, 9.17) is 0 Å². The van der Waals surface area contributed by atoms with Gasteiger partial charge in [-0.05, 0) is 32.1 Å². The van der Waals surface area contributed by atoms with Gasteiger partial charge in [0.05, 0.1) is 0 Å². The molecule has 1 heterocycles. The number of aliphatic imine (C=N–C) groups is 1. The van der Waals surface area contributed by atoms with Crippen LogP contribution in [0.5, 0.6) is 0 Å². The number of unbranched alkanes of at least 4 members (excludes halogenated alkanes) is 1. The molecule has 1 saturated heterocycles. The maximum atomic E-state index is 12.3. The Morgan fingerprint density at radius 3 is 2.50 bits per heavy atom. The van der Waals surface area contributed by atoms with Crippen molar-refractivity contribution in [3.63, 3.8) is 0 Å². The standard InChI is InChI=1S/C19H37N5O2/c1-6-9-11-15(7-2)14-22-17(20-5)21-12-10-13-24-16(25)19(4,8-3)23-18(24)26/h15H,6-14H2,1-5H3,(H,23,26)(H2,20,21,22). The van der Waals surface area contributed by atoms with Gasteiger partial charge in [0, 0.05) is 26.7 Å². The first-order chi connectivity index (χ1) is 12.4. The highest BCUT2D eigenvalue weighted by Gasteiger charge is 2.45. The van der Waals surface area contributed by atoms with Gasteiger partial charge in [-0.1, -0.05) is 40.0 Å². The summed E-state index contributed by atoms with van der Waals surface area (Å²) in [5.41, 5.74) is -0.754. The normalized spacial score (nSPS) is 21.7. The lowest BCUT2D eigenvalue weighted by Crippen LogP contribution is -2.43. The van der Waals surface area contributed by atoms with Gasteiger partial charge >= 0.3 is 6.03 Å². The van der Waals surface area contributed by atoms with Gasteiger partial charge < -0.3 is 16.0 Å². The average molecular weight is 368 g/mol. The van der Waals surface area contributed by atoms with Crippen LogP contribution < -0.4 is 16.0 Å². The Hall–Kier alpha value is -1.79. The Kier molecular flexibility index (Phi) is 9.44. The molecule has 7 nitrogen and oxygen atoms in total. The van der Waals surface area contributed by atoms with Crippen LogP contribution in [0.25, 0.3) is 0 Å². The van der Waals surface area contributed by atoms with Gasteiger partial charge in [0.25, 0.3) is 5.91 Å². The Morgan fingerprint density at radius 1 is 1.23 bits per heavy atom. The largest absolute Gasteiger partial charge is 0.356 e. The molecule has 26 heavy (non-hydrogen) atoms. The Balaban J connectivity index is 2.33. The highest BCUT2D eigenvalue weighted by atomic mass is 16.2. The number of hydrogen-bond acceptors (Lipinski definition) is 3. The summed E-state index contributed by atoms with van der Waals surface area (Å²) in [5, 5.41) is 9.42. The van der Waals surface area contributed by atoms with Crippen molar-refractivity contribution in [2.24, 2.45) is 10.9 Å². The smallest absolute Gasteiger partial charge is 0.325 e. The molecule has 1 rings (SSSR count). The maximum Gasteiger partial charge on any atom is 0.325 e. The number of hydrogen-bond donors (Lipinski definition) is 3. The summed E-state index contributed by atoms with van der Waals surface area (Å²) >= 11 is 0. The zero-order chi connectivity index (χ0) is 19.6. The van der Waals surface area contributed by atoms with Crippen LogP contribution in [-0.2, 0) is 4.79 Å². The van der Waals surface area contributed by atoms with E-state index < -0.39 is 5.54 Å². The molecule has 0 spiro atoms. The van der Waals surface area contributed by atoms with Gasteiger partial charge in [-0.15, -0.1) is 0 Å². The number of imide groups is 1. The third-order valence-corrected chi connectivity index (χ3v) is 5.23. The van der Waals surface area contributed by atoms with E-state index in [1.165, 1.54) is 24.2 Å². The number of rotatable bonds is 11. The van der Waals surface area contributed by atoms with Crippen LogP contribution in [0.1, 0.15) is 66.2 Å². The first-order valence-corrected chi connectivity index (χ1v) is 10.00. The predicted molar refractivity (Wildman–Crippen MR) is 106 cm³/mol. The lowest BCUT2D eigenvalue weighted by Gasteiger charge is -2.20. The predicted octanol–water partition coefficient (Wildman–Crippen LogP) is 2.48. The molecule has 0 aromatic rings. The number of nitrogens with zero attached hydrogens (tertiary/aromatic N) is 2. The summed E-state index contributed by atoms with van der Waals surface area (Å²) in [4.78, 5) is 29.9. The molecule has 2 unspecified atom stereocenters. The summed E-state index contributed by atoms with van der Waals surface area (Å²) in [6.45, 7) is 10.1. The van der Waals surface area contributed by atoms with E-state index in [2.05, 4.69) is 34.8 Å². The van der Waals surface area contributed by atoms with Crippen molar-refractivity contribution < 1.29 is 9.59 Å². The van der Waals surface area contributed by atoms with Crippen molar-refractivity contribution in [2.45, 2.75) is 71.8 Å². The van der Waals surface area contributed by atoms with E-state index in [1.54, 1.807) is 14.0 Å². The van der Waals surface area contributed by atoms with Crippen molar-refractivity contribution in [1.29, 1.82) is 0 Å². The summed E-state index contributed by atoms with van der Waals surface area (Å²) < 4.78 is 0. The van der Waals surface area contributed by atoms with Gasteiger partial charge in [-0.2, -0.15) is 0 Å². The molecular formula is C19H37N5O2. The van der Waals surface area contributed by atoms with Crippen LogP contribution in [0.15, 0.2) is 4.99 Å². The SMILES string of the molecule is CCCCC(CC)CNC(=NC)NCCCN1C(=O)NC(C)(CC)C1=O. The minimum Gasteiger partial charge on any atom is -0.356 e. The Bertz CT molecular complexity index is 494. The molecule has 0 bridgehead atoms. The summed E-state index contributed by atoms with van der Waals surface area (Å²) in [6, 6.07) is -0.288. The first-order valence-electron chi connectivity index (χ1n) is 10.00. The summed E-state index contributed by atoms with van der Waals surface area (Å²) in [6.07, 6.45) is 6.16. The van der Waals surface area contributed by atoms with Crippen LogP contribution in [0.3, 0.4) is 0 Å². The molecule has 1 fully saturated rings. The lowest BCUT2D eigenvalue weighted by molar-refractivity contribution is -0.130. The fourth-order valence-electron chi connectivity index (χ4n) is 3.04. The quantitative estimate of drug-likeness (QED) is 0.227. The number of amides is 3. The molecule has 0 aromatic heterocycles. The zero-order valence-corrected chi connectivity index (χ0v) is 17.2. The van der Waals surface area contributed by atoms with Crippen LogP contribution in [0.2, 0.25) is 0 Å². The molecule has 1 aliphatic rings. The fraction of sp³-hybridized carbons (Fsp3) is 0.842. The highest BCUT2D eigenvalue weighted by Crippen LogP contribution is 2.20. The minimum absolute atomic E-state index is 0.130. The van der Waals surface area contributed by atoms with Crippen molar-refractivity contribution in [3.05, 3.63) is 0 Å². The summed E-state index contributed by atoms with van der Waals surface area (Å²) in [7, 11) is 1.76. The topological polar surface area (TPSA) is 85.8 Å². The fourth-order valence-corrected chi connectivity index (χ4v) is 3.04. The van der Waals surface area contributed by atoms with Gasteiger partial charge in [-0.3, -0.25) is 14.7 Å². The number of urea groups is 1. The molecule has 0 radical (unpaired) electrons. The molecule has 2 atom stereocenters. The van der Waals surface area contributed by atoms with Crippen LogP contribution in [0, 0.1) is 5.92 Å². The number of nitrogens with one attached hydrogen (secondary N) is 3. The van der Waals surface area contributed by atoms with Gasteiger partial charge in [0.1, 0.15) is 5.54 Å². The monoisotopic (exact) mass is 367 g/mol. The molecule has 1 aliphatic heterocycles. The van der Waals surface area contributed by atoms with E-state index in [1.807, 2.05) is 6.92 Å². The average Bonchev–Trinajstić information content (AvgIpc) is 2.86. The second kappa shape index (κ2) is 11.0. The van der Waals surface area contributed by atoms with E-state index in [9.17, 15) is 9.59 Å². The summed E-state index contributed by atoms with van der Waals surface area (Å²) in [5.74, 6) is 1.30. The van der Waals surface area contributed by atoms with Crippen molar-refractivity contribution in [1.82, 2.24) is 20.9 Å². The molecule has 7 heteroatoms. The molecule has 0 saturated carbocycles. The Labute approximate surface area is 158 Å². The molecule has 3 N–H and O–H groups in total. The number of carbonyl (C=O) groups excluding carboxylic acids is 2. The second-order valence-electron chi connectivity index (χ2n) is 7.22. The molecule has 3 amide bonds. The van der Waals surface area contributed by atoms with E-state index in [0.29, 0.717) is 31.8 Å². The van der Waals surface area contributed by atoms with E-state index >= 15 is 0 Å². The number of guanidine groups is 1. The molecule has 0 aromatic carbocycles. The Morgan fingerprint density at radius 2 is 1.96 bits per heavy atom. The van der Waals surface area contributed by atoms with Crippen molar-refractivity contribution in [2.75, 3.05) is 26.7 Å². The third-order valence-electron chi connectivity index (χ3n) is 5.23. The van der Waals surface area contributed by atoms with Crippen LogP contribution in [-0.4, -0.2) is 55.0 Å². The molecule has 0 aliphatic carbocycles. The van der Waals surface area contributed by atoms with Crippen LogP contribution >= 0.6 is 0 Å². The van der Waals surface area contributed by atoms with Gasteiger partial charge in [0.2, 0.25) is 0 Å². The van der Waals surface area contributed by atoms with E-state index in [-0.39, 0.29) is 11.9 Å². The van der Waals surface area contributed by atoms with Gasteiger partial charge in [-0.25, -0.2) is 4.79 Å². The first kappa shape index (κ1) is 22.3. The second-order valence-corrected chi connectivity index (χ2v) is 7.22. The van der Waals surface area contributed by atoms with Gasteiger partial charge in [0.15, 0.2) is 5.96 Å². The highest BCUT2D eigenvalue weighted by molar-refractivity contribution is 6.06. The van der Waals surface area contributed by atoms with E-state index in [0.717, 1.165) is 18.9 Å². The molecule has 150 valence electrons.